The van der Waals surface area contributed by atoms with E-state index in [4.69, 9.17) is 10.5 Å². The van der Waals surface area contributed by atoms with Crippen molar-refractivity contribution < 1.29 is 4.74 Å². The highest BCUT2D eigenvalue weighted by Crippen LogP contribution is 2.24. The summed E-state index contributed by atoms with van der Waals surface area (Å²) in [4.78, 5) is 0. The minimum Gasteiger partial charge on any atom is -0.382 e. The molecule has 1 unspecified atom stereocenters. The van der Waals surface area contributed by atoms with E-state index in [0.29, 0.717) is 12.5 Å². The second kappa shape index (κ2) is 5.46. The summed E-state index contributed by atoms with van der Waals surface area (Å²) in [6.07, 6.45) is 0.877. The first-order valence-electron chi connectivity index (χ1n) is 5.91. The molecule has 2 nitrogen and oxygen atoms in total. The Kier molecular flexibility index (Phi) is 4.51. The summed E-state index contributed by atoms with van der Waals surface area (Å²) in [6.45, 7) is 7.04. The van der Waals surface area contributed by atoms with Gasteiger partial charge in [-0.15, -0.1) is 0 Å². The van der Waals surface area contributed by atoms with Crippen LogP contribution in [0.3, 0.4) is 0 Å². The Hall–Kier alpha value is -0.860. The van der Waals surface area contributed by atoms with Gasteiger partial charge in [0.05, 0.1) is 12.1 Å². The SMILES string of the molecule is CCC(N)(COC)c1ccc(C(C)C)cc1. The van der Waals surface area contributed by atoms with E-state index in [-0.39, 0.29) is 5.54 Å². The molecular formula is C14H23NO. The largest absolute Gasteiger partial charge is 0.382 e. The molecule has 1 aromatic carbocycles. The number of rotatable bonds is 5. The van der Waals surface area contributed by atoms with Crippen molar-refractivity contribution in [1.29, 1.82) is 0 Å². The summed E-state index contributed by atoms with van der Waals surface area (Å²) in [6, 6.07) is 8.57. The molecule has 0 radical (unpaired) electrons. The number of ether oxygens (including phenoxy) is 1. The molecule has 1 atom stereocenters. The van der Waals surface area contributed by atoms with Crippen molar-refractivity contribution in [3.05, 3.63) is 35.4 Å². The lowest BCUT2D eigenvalue weighted by molar-refractivity contribution is 0.129. The van der Waals surface area contributed by atoms with Gasteiger partial charge in [0.1, 0.15) is 0 Å². The molecule has 0 amide bonds. The van der Waals surface area contributed by atoms with Crippen molar-refractivity contribution in [2.24, 2.45) is 5.73 Å². The van der Waals surface area contributed by atoms with E-state index in [2.05, 4.69) is 45.0 Å². The maximum atomic E-state index is 6.33. The third-order valence-electron chi connectivity index (χ3n) is 3.19. The third-order valence-corrected chi connectivity index (χ3v) is 3.19. The summed E-state index contributed by atoms with van der Waals surface area (Å²) in [5.74, 6) is 0.560. The van der Waals surface area contributed by atoms with Crippen LogP contribution < -0.4 is 5.73 Å². The first-order valence-corrected chi connectivity index (χ1v) is 5.91. The van der Waals surface area contributed by atoms with Gasteiger partial charge in [-0.3, -0.25) is 0 Å². The number of hydrogen-bond acceptors (Lipinski definition) is 2. The number of benzene rings is 1. The van der Waals surface area contributed by atoms with Crippen molar-refractivity contribution in [1.82, 2.24) is 0 Å². The second-order valence-electron chi connectivity index (χ2n) is 4.72. The molecule has 0 bridgehead atoms. The Balaban J connectivity index is 2.94. The fourth-order valence-corrected chi connectivity index (χ4v) is 1.85. The Labute approximate surface area is 98.8 Å². The van der Waals surface area contributed by atoms with Gasteiger partial charge in [-0.1, -0.05) is 45.0 Å². The van der Waals surface area contributed by atoms with Crippen molar-refractivity contribution in [3.8, 4) is 0 Å². The van der Waals surface area contributed by atoms with E-state index in [1.807, 2.05) is 0 Å². The summed E-state index contributed by atoms with van der Waals surface area (Å²) < 4.78 is 5.20. The highest BCUT2D eigenvalue weighted by atomic mass is 16.5. The van der Waals surface area contributed by atoms with Crippen LogP contribution in [-0.2, 0) is 10.3 Å². The van der Waals surface area contributed by atoms with E-state index in [1.165, 1.54) is 5.56 Å². The quantitative estimate of drug-likeness (QED) is 0.829. The maximum absolute atomic E-state index is 6.33. The highest BCUT2D eigenvalue weighted by molar-refractivity contribution is 5.29. The molecule has 0 fully saturated rings. The van der Waals surface area contributed by atoms with Crippen molar-refractivity contribution in [3.63, 3.8) is 0 Å². The summed E-state index contributed by atoms with van der Waals surface area (Å²) in [7, 11) is 1.69. The van der Waals surface area contributed by atoms with E-state index < -0.39 is 0 Å². The first kappa shape index (κ1) is 13.2. The zero-order chi connectivity index (χ0) is 12.2. The van der Waals surface area contributed by atoms with Crippen LogP contribution in [0.1, 0.15) is 44.2 Å². The molecule has 2 heteroatoms. The molecule has 0 heterocycles. The van der Waals surface area contributed by atoms with E-state index in [0.717, 1.165) is 12.0 Å². The zero-order valence-corrected chi connectivity index (χ0v) is 10.8. The van der Waals surface area contributed by atoms with Crippen LogP contribution >= 0.6 is 0 Å². The number of nitrogens with two attached hydrogens (primary N) is 1. The van der Waals surface area contributed by atoms with Gasteiger partial charge >= 0.3 is 0 Å². The molecule has 0 aliphatic heterocycles. The van der Waals surface area contributed by atoms with Crippen LogP contribution in [0.2, 0.25) is 0 Å². The van der Waals surface area contributed by atoms with Crippen LogP contribution in [0.4, 0.5) is 0 Å². The molecular weight excluding hydrogens is 198 g/mol. The molecule has 90 valence electrons. The van der Waals surface area contributed by atoms with E-state index in [1.54, 1.807) is 7.11 Å². The summed E-state index contributed by atoms with van der Waals surface area (Å²) in [5.41, 5.74) is 8.47. The Morgan fingerprint density at radius 3 is 2.19 bits per heavy atom. The van der Waals surface area contributed by atoms with Gasteiger partial charge in [0, 0.05) is 7.11 Å². The lowest BCUT2D eigenvalue weighted by Gasteiger charge is -2.28. The molecule has 2 N–H and O–H groups in total. The minimum atomic E-state index is -0.357. The van der Waals surface area contributed by atoms with Gasteiger partial charge in [-0.2, -0.15) is 0 Å². The minimum absolute atomic E-state index is 0.357. The number of hydrogen-bond donors (Lipinski definition) is 1. The molecule has 16 heavy (non-hydrogen) atoms. The fourth-order valence-electron chi connectivity index (χ4n) is 1.85. The van der Waals surface area contributed by atoms with Crippen LogP contribution in [0.5, 0.6) is 0 Å². The van der Waals surface area contributed by atoms with Gasteiger partial charge < -0.3 is 10.5 Å². The molecule has 0 aliphatic carbocycles. The van der Waals surface area contributed by atoms with Crippen LogP contribution in [-0.4, -0.2) is 13.7 Å². The molecule has 0 saturated carbocycles. The monoisotopic (exact) mass is 221 g/mol. The molecule has 0 aliphatic rings. The average molecular weight is 221 g/mol. The third kappa shape index (κ3) is 2.83. The lowest BCUT2D eigenvalue weighted by atomic mass is 9.87. The predicted octanol–water partition coefficient (Wildman–Crippen LogP) is 3.02. The topological polar surface area (TPSA) is 35.2 Å². The van der Waals surface area contributed by atoms with Crippen LogP contribution in [0, 0.1) is 0 Å². The van der Waals surface area contributed by atoms with Crippen molar-refractivity contribution in [2.45, 2.75) is 38.6 Å². The van der Waals surface area contributed by atoms with Gasteiger partial charge in [0.15, 0.2) is 0 Å². The lowest BCUT2D eigenvalue weighted by Crippen LogP contribution is -2.40. The van der Waals surface area contributed by atoms with Crippen molar-refractivity contribution in [2.75, 3.05) is 13.7 Å². The molecule has 1 aromatic rings. The van der Waals surface area contributed by atoms with Gasteiger partial charge in [-0.25, -0.2) is 0 Å². The Morgan fingerprint density at radius 2 is 1.81 bits per heavy atom. The number of methoxy groups -OCH3 is 1. The van der Waals surface area contributed by atoms with E-state index in [9.17, 15) is 0 Å². The second-order valence-corrected chi connectivity index (χ2v) is 4.72. The predicted molar refractivity (Wildman–Crippen MR) is 68.6 cm³/mol. The summed E-state index contributed by atoms with van der Waals surface area (Å²) >= 11 is 0. The standard InChI is InChI=1S/C14H23NO/c1-5-14(15,10-16-4)13-8-6-12(7-9-13)11(2)3/h6-9,11H,5,10,15H2,1-4H3. The first-order chi connectivity index (χ1) is 7.53. The molecule has 0 spiro atoms. The summed E-state index contributed by atoms with van der Waals surface area (Å²) in [5, 5.41) is 0. The maximum Gasteiger partial charge on any atom is 0.0684 e. The molecule has 1 rings (SSSR count). The van der Waals surface area contributed by atoms with Gasteiger partial charge in [0.2, 0.25) is 0 Å². The van der Waals surface area contributed by atoms with Gasteiger partial charge in [-0.05, 0) is 23.5 Å². The fraction of sp³-hybridized carbons (Fsp3) is 0.571. The Bertz CT molecular complexity index is 318. The normalized spacial score (nSPS) is 15.1. The van der Waals surface area contributed by atoms with Crippen LogP contribution in [0.25, 0.3) is 0 Å². The van der Waals surface area contributed by atoms with E-state index >= 15 is 0 Å². The highest BCUT2D eigenvalue weighted by Gasteiger charge is 2.24. The van der Waals surface area contributed by atoms with Gasteiger partial charge in [0.25, 0.3) is 0 Å². The zero-order valence-electron chi connectivity index (χ0n) is 10.8. The van der Waals surface area contributed by atoms with Crippen LogP contribution in [0.15, 0.2) is 24.3 Å². The Morgan fingerprint density at radius 1 is 1.25 bits per heavy atom. The molecule has 0 aromatic heterocycles. The molecule has 0 saturated heterocycles. The van der Waals surface area contributed by atoms with Crippen molar-refractivity contribution >= 4 is 0 Å². The average Bonchev–Trinajstić information content (AvgIpc) is 2.29. The smallest absolute Gasteiger partial charge is 0.0684 e.